The van der Waals surface area contributed by atoms with Crippen molar-refractivity contribution in [1.82, 2.24) is 4.90 Å². The molecule has 2 aromatic rings. The molecule has 0 unspecified atom stereocenters. The number of anilines is 2. The summed E-state index contributed by atoms with van der Waals surface area (Å²) in [6.45, 7) is 1.08. The van der Waals surface area contributed by atoms with E-state index < -0.39 is 29.4 Å². The zero-order valence-electron chi connectivity index (χ0n) is 15.2. The molecule has 0 saturated heterocycles. The van der Waals surface area contributed by atoms with Crippen molar-refractivity contribution in [3.8, 4) is 0 Å². The zero-order valence-corrected chi connectivity index (χ0v) is 15.2. The molecule has 0 radical (unpaired) electrons. The van der Waals surface area contributed by atoms with Gasteiger partial charge in [0.05, 0.1) is 24.3 Å². The van der Waals surface area contributed by atoms with E-state index >= 15 is 0 Å². The van der Waals surface area contributed by atoms with Crippen molar-refractivity contribution < 1.29 is 27.2 Å². The first-order valence-electron chi connectivity index (χ1n) is 8.27. The fraction of sp³-hybridized carbons (Fsp3) is 0.263. The maximum atomic E-state index is 13.5. The number of benzene rings is 2. The van der Waals surface area contributed by atoms with E-state index in [0.717, 1.165) is 12.1 Å². The van der Waals surface area contributed by atoms with Crippen LogP contribution in [0.15, 0.2) is 42.5 Å². The molecule has 9 heteroatoms. The molecule has 0 bridgehead atoms. The molecule has 2 amide bonds. The van der Waals surface area contributed by atoms with Crippen molar-refractivity contribution in [1.29, 1.82) is 0 Å². The number of likely N-dealkylation sites (N-methyl/N-ethyl adjacent to an activating group) is 1. The normalized spacial score (nSPS) is 11.4. The summed E-state index contributed by atoms with van der Waals surface area (Å²) < 4.78 is 52.3. The van der Waals surface area contributed by atoms with Gasteiger partial charge in [-0.15, -0.1) is 0 Å². The second-order valence-electron chi connectivity index (χ2n) is 6.28. The number of para-hydroxylation sites is 1. The lowest BCUT2D eigenvalue weighted by Gasteiger charge is -2.18. The average Bonchev–Trinajstić information content (AvgIpc) is 2.57. The quantitative estimate of drug-likeness (QED) is 0.732. The predicted octanol–water partition coefficient (Wildman–Crippen LogP) is 3.66. The van der Waals surface area contributed by atoms with Gasteiger partial charge in [-0.25, -0.2) is 4.39 Å². The molecule has 2 N–H and O–H groups in total. The van der Waals surface area contributed by atoms with Crippen LogP contribution in [0.4, 0.5) is 28.9 Å². The molecule has 2 rings (SSSR count). The molecular formula is C19H19F4N3O2. The molecule has 2 aromatic carbocycles. The van der Waals surface area contributed by atoms with Gasteiger partial charge in [0.2, 0.25) is 11.8 Å². The van der Waals surface area contributed by atoms with E-state index in [4.69, 9.17) is 0 Å². The van der Waals surface area contributed by atoms with Gasteiger partial charge in [-0.1, -0.05) is 18.2 Å². The van der Waals surface area contributed by atoms with Gasteiger partial charge in [-0.3, -0.25) is 14.5 Å². The summed E-state index contributed by atoms with van der Waals surface area (Å²) in [5, 5.41) is 4.69. The molecule has 0 aliphatic rings. The maximum Gasteiger partial charge on any atom is 0.418 e. The molecule has 0 spiro atoms. The Bertz CT molecular complexity index is 868. The van der Waals surface area contributed by atoms with Gasteiger partial charge < -0.3 is 10.6 Å². The highest BCUT2D eigenvalue weighted by atomic mass is 19.4. The first-order valence-corrected chi connectivity index (χ1v) is 8.27. The number of nitrogens with one attached hydrogen (secondary N) is 2. The molecule has 0 aliphatic carbocycles. The van der Waals surface area contributed by atoms with Crippen LogP contribution in [-0.2, 0) is 15.8 Å². The third-order valence-electron chi connectivity index (χ3n) is 3.79. The van der Waals surface area contributed by atoms with E-state index in [1.807, 2.05) is 0 Å². The Morgan fingerprint density at radius 1 is 1.00 bits per heavy atom. The Labute approximate surface area is 159 Å². The molecule has 0 aromatic heterocycles. The van der Waals surface area contributed by atoms with Gasteiger partial charge in [-0.05, 0) is 43.8 Å². The van der Waals surface area contributed by atoms with Gasteiger partial charge in [0.25, 0.3) is 0 Å². The van der Waals surface area contributed by atoms with E-state index in [-0.39, 0.29) is 24.5 Å². The summed E-state index contributed by atoms with van der Waals surface area (Å²) in [4.78, 5) is 25.3. The van der Waals surface area contributed by atoms with Crippen molar-refractivity contribution in [2.75, 3.05) is 30.8 Å². The summed E-state index contributed by atoms with van der Waals surface area (Å²) >= 11 is 0. The van der Waals surface area contributed by atoms with Crippen LogP contribution in [0.25, 0.3) is 0 Å². The Morgan fingerprint density at radius 2 is 1.61 bits per heavy atom. The summed E-state index contributed by atoms with van der Waals surface area (Å²) in [5.74, 6) is -1.66. The second kappa shape index (κ2) is 8.83. The average molecular weight is 397 g/mol. The lowest BCUT2D eigenvalue weighted by Crippen LogP contribution is -2.36. The van der Waals surface area contributed by atoms with E-state index in [1.165, 1.54) is 42.3 Å². The van der Waals surface area contributed by atoms with Crippen LogP contribution >= 0.6 is 0 Å². The number of aryl methyl sites for hydroxylation is 1. The lowest BCUT2D eigenvalue weighted by atomic mass is 10.1. The highest BCUT2D eigenvalue weighted by Crippen LogP contribution is 2.34. The third kappa shape index (κ3) is 6.05. The minimum Gasteiger partial charge on any atom is -0.325 e. The van der Waals surface area contributed by atoms with Crippen LogP contribution in [0.1, 0.15) is 11.1 Å². The molecule has 5 nitrogen and oxygen atoms in total. The highest BCUT2D eigenvalue weighted by Gasteiger charge is 2.33. The Morgan fingerprint density at radius 3 is 2.21 bits per heavy atom. The number of hydrogen-bond acceptors (Lipinski definition) is 3. The third-order valence-corrected chi connectivity index (χ3v) is 3.79. The summed E-state index contributed by atoms with van der Waals surface area (Å²) in [7, 11) is 1.46. The van der Waals surface area contributed by atoms with Crippen LogP contribution in [0.5, 0.6) is 0 Å². The molecule has 0 fully saturated rings. The van der Waals surface area contributed by atoms with Crippen molar-refractivity contribution in [3.05, 3.63) is 59.4 Å². The van der Waals surface area contributed by atoms with Gasteiger partial charge >= 0.3 is 6.18 Å². The van der Waals surface area contributed by atoms with Crippen LogP contribution in [0.3, 0.4) is 0 Å². The number of carbonyl (C=O) groups excluding carboxylic acids is 2. The molecule has 0 atom stereocenters. The number of rotatable bonds is 6. The minimum atomic E-state index is -4.60. The van der Waals surface area contributed by atoms with Gasteiger partial charge in [-0.2, -0.15) is 13.2 Å². The van der Waals surface area contributed by atoms with Crippen molar-refractivity contribution >= 4 is 23.2 Å². The first kappa shape index (κ1) is 21.4. The largest absolute Gasteiger partial charge is 0.418 e. The zero-order chi connectivity index (χ0) is 20.9. The standard InChI is InChI=1S/C19H19F4N3O2/c1-12-7-8-13(9-15(12)20)24-17(27)10-26(2)11-18(28)25-16-6-4-3-5-14(16)19(21,22)23/h3-9H,10-11H2,1-2H3,(H,24,27)(H,25,28). The van der Waals surface area contributed by atoms with Crippen molar-refractivity contribution in [3.63, 3.8) is 0 Å². The summed E-state index contributed by atoms with van der Waals surface area (Å²) in [6.07, 6.45) is -4.60. The molecule has 28 heavy (non-hydrogen) atoms. The molecule has 0 aliphatic heterocycles. The Balaban J connectivity index is 1.90. The first-order chi connectivity index (χ1) is 13.1. The Hall–Kier alpha value is -2.94. The smallest absolute Gasteiger partial charge is 0.325 e. The van der Waals surface area contributed by atoms with Gasteiger partial charge in [0, 0.05) is 5.69 Å². The van der Waals surface area contributed by atoms with Crippen LogP contribution < -0.4 is 10.6 Å². The highest BCUT2D eigenvalue weighted by molar-refractivity contribution is 5.95. The van der Waals surface area contributed by atoms with Crippen molar-refractivity contribution in [2.45, 2.75) is 13.1 Å². The Kier molecular flexibility index (Phi) is 6.74. The lowest BCUT2D eigenvalue weighted by molar-refractivity contribution is -0.137. The monoisotopic (exact) mass is 397 g/mol. The summed E-state index contributed by atoms with van der Waals surface area (Å²) in [6, 6.07) is 8.85. The van der Waals surface area contributed by atoms with Crippen LogP contribution in [0.2, 0.25) is 0 Å². The molecule has 150 valence electrons. The fourth-order valence-corrected chi connectivity index (χ4v) is 2.45. The van der Waals surface area contributed by atoms with Crippen molar-refractivity contribution in [2.24, 2.45) is 0 Å². The summed E-state index contributed by atoms with van der Waals surface area (Å²) in [5.41, 5.74) is -0.603. The van der Waals surface area contributed by atoms with Gasteiger partial charge in [0.15, 0.2) is 0 Å². The minimum absolute atomic E-state index is 0.205. The number of alkyl halides is 3. The van der Waals surface area contributed by atoms with E-state index in [9.17, 15) is 27.2 Å². The number of carbonyl (C=O) groups is 2. The fourth-order valence-electron chi connectivity index (χ4n) is 2.45. The molecule has 0 saturated carbocycles. The number of amides is 2. The maximum absolute atomic E-state index is 13.5. The second-order valence-corrected chi connectivity index (χ2v) is 6.28. The van der Waals surface area contributed by atoms with Crippen LogP contribution in [0, 0.1) is 12.7 Å². The topological polar surface area (TPSA) is 61.4 Å². The number of hydrogen-bond donors (Lipinski definition) is 2. The van der Waals surface area contributed by atoms with E-state index in [1.54, 1.807) is 6.92 Å². The SMILES string of the molecule is Cc1ccc(NC(=O)CN(C)CC(=O)Nc2ccccc2C(F)(F)F)cc1F. The predicted molar refractivity (Wildman–Crippen MR) is 97.3 cm³/mol. The number of halogens is 4. The van der Waals surface area contributed by atoms with Gasteiger partial charge in [0.1, 0.15) is 5.82 Å². The van der Waals surface area contributed by atoms with E-state index in [2.05, 4.69) is 10.6 Å². The number of nitrogens with zero attached hydrogens (tertiary/aromatic N) is 1. The molecule has 0 heterocycles. The van der Waals surface area contributed by atoms with E-state index in [0.29, 0.717) is 5.56 Å². The van der Waals surface area contributed by atoms with Crippen LogP contribution in [-0.4, -0.2) is 36.9 Å². The molecular weight excluding hydrogens is 378 g/mol.